The van der Waals surface area contributed by atoms with E-state index in [0.29, 0.717) is 6.42 Å². The van der Waals surface area contributed by atoms with Crippen LogP contribution in [0.5, 0.6) is 0 Å². The van der Waals surface area contributed by atoms with Crippen LogP contribution in [0, 0.1) is 5.82 Å². The number of nitrogens with one attached hydrogen (secondary N) is 1. The molecule has 0 aliphatic rings. The van der Waals surface area contributed by atoms with Crippen molar-refractivity contribution >= 4 is 0 Å². The van der Waals surface area contributed by atoms with Crippen LogP contribution in [0.2, 0.25) is 0 Å². The maximum atomic E-state index is 12.9. The minimum absolute atomic E-state index is 0.230. The fourth-order valence-electron chi connectivity index (χ4n) is 1.47. The van der Waals surface area contributed by atoms with Crippen LogP contribution in [0.3, 0.4) is 0 Å². The number of hydrogen-bond acceptors (Lipinski definition) is 2. The lowest BCUT2D eigenvalue weighted by Crippen LogP contribution is -2.14. The van der Waals surface area contributed by atoms with E-state index in [0.717, 1.165) is 11.4 Å². The molecular weight excluding hydrogens is 193 g/mol. The van der Waals surface area contributed by atoms with E-state index in [1.165, 1.54) is 12.1 Å². The highest BCUT2D eigenvalue weighted by atomic mass is 19.1. The van der Waals surface area contributed by atoms with Crippen LogP contribution in [0.25, 0.3) is 0 Å². The largest absolute Gasteiger partial charge is 0.349 e. The van der Waals surface area contributed by atoms with Crippen LogP contribution in [-0.4, -0.2) is 9.97 Å². The van der Waals surface area contributed by atoms with Crippen molar-refractivity contribution in [1.29, 1.82) is 0 Å². The molecule has 1 aromatic heterocycles. The number of benzene rings is 1. The summed E-state index contributed by atoms with van der Waals surface area (Å²) in [5.41, 5.74) is 6.71. The maximum Gasteiger partial charge on any atom is 0.123 e. The Kier molecular flexibility index (Phi) is 2.78. The molecule has 1 heterocycles. The fourth-order valence-corrected chi connectivity index (χ4v) is 1.47. The Morgan fingerprint density at radius 2 is 2.33 bits per heavy atom. The molecule has 78 valence electrons. The molecule has 2 rings (SSSR count). The first-order valence-electron chi connectivity index (χ1n) is 4.75. The van der Waals surface area contributed by atoms with Gasteiger partial charge in [0.25, 0.3) is 0 Å². The van der Waals surface area contributed by atoms with Crippen molar-refractivity contribution in [3.05, 3.63) is 53.9 Å². The Hall–Kier alpha value is -1.68. The summed E-state index contributed by atoms with van der Waals surface area (Å²) in [6, 6.07) is 6.10. The molecule has 15 heavy (non-hydrogen) atoms. The van der Waals surface area contributed by atoms with E-state index < -0.39 is 0 Å². The van der Waals surface area contributed by atoms with Gasteiger partial charge in [0.15, 0.2) is 0 Å². The molecule has 0 radical (unpaired) electrons. The lowest BCUT2D eigenvalue weighted by atomic mass is 10.0. The van der Waals surface area contributed by atoms with Gasteiger partial charge >= 0.3 is 0 Å². The van der Waals surface area contributed by atoms with Crippen molar-refractivity contribution in [2.75, 3.05) is 0 Å². The van der Waals surface area contributed by atoms with Gasteiger partial charge in [-0.05, 0) is 17.7 Å². The van der Waals surface area contributed by atoms with Gasteiger partial charge in [0.05, 0.1) is 0 Å². The third-order valence-corrected chi connectivity index (χ3v) is 2.24. The van der Waals surface area contributed by atoms with Gasteiger partial charge < -0.3 is 10.7 Å². The minimum atomic E-state index is -0.262. The average molecular weight is 205 g/mol. The summed E-state index contributed by atoms with van der Waals surface area (Å²) < 4.78 is 12.9. The molecule has 0 fully saturated rings. The second kappa shape index (κ2) is 4.23. The zero-order valence-electron chi connectivity index (χ0n) is 8.15. The summed E-state index contributed by atoms with van der Waals surface area (Å²) in [5, 5.41) is 0. The van der Waals surface area contributed by atoms with Crippen molar-refractivity contribution in [1.82, 2.24) is 9.97 Å². The third-order valence-electron chi connectivity index (χ3n) is 2.24. The van der Waals surface area contributed by atoms with Crippen molar-refractivity contribution < 1.29 is 4.39 Å². The number of aromatic amines is 1. The van der Waals surface area contributed by atoms with Crippen molar-refractivity contribution in [3.8, 4) is 0 Å². The van der Waals surface area contributed by atoms with Gasteiger partial charge in [-0.15, -0.1) is 0 Å². The maximum absolute atomic E-state index is 12.9. The molecule has 1 aromatic carbocycles. The predicted octanol–water partition coefficient (Wildman–Crippen LogP) is 1.79. The van der Waals surface area contributed by atoms with Crippen molar-refractivity contribution in [3.63, 3.8) is 0 Å². The van der Waals surface area contributed by atoms with E-state index in [1.54, 1.807) is 18.5 Å². The number of imidazole rings is 1. The molecule has 1 unspecified atom stereocenters. The standard InChI is InChI=1S/C11H12FN3/c12-9-3-1-2-8(6-9)10(13)7-11-14-4-5-15-11/h1-6,10H,7,13H2,(H,14,15). The van der Waals surface area contributed by atoms with E-state index in [9.17, 15) is 4.39 Å². The monoisotopic (exact) mass is 205 g/mol. The predicted molar refractivity (Wildman–Crippen MR) is 55.6 cm³/mol. The van der Waals surface area contributed by atoms with Crippen molar-refractivity contribution in [2.24, 2.45) is 5.73 Å². The van der Waals surface area contributed by atoms with E-state index in [1.807, 2.05) is 6.07 Å². The Morgan fingerprint density at radius 1 is 1.47 bits per heavy atom. The summed E-state index contributed by atoms with van der Waals surface area (Å²) in [4.78, 5) is 7.04. The summed E-state index contributed by atoms with van der Waals surface area (Å²) in [6.07, 6.45) is 4.00. The van der Waals surface area contributed by atoms with Crippen LogP contribution in [0.15, 0.2) is 36.7 Å². The first-order valence-corrected chi connectivity index (χ1v) is 4.75. The summed E-state index contributed by atoms with van der Waals surface area (Å²) in [7, 11) is 0. The molecule has 0 aliphatic heterocycles. The Morgan fingerprint density at radius 3 is 3.00 bits per heavy atom. The second-order valence-electron chi connectivity index (χ2n) is 3.40. The summed E-state index contributed by atoms with van der Waals surface area (Å²) >= 11 is 0. The highest BCUT2D eigenvalue weighted by Crippen LogP contribution is 2.14. The lowest BCUT2D eigenvalue weighted by molar-refractivity contribution is 0.616. The highest BCUT2D eigenvalue weighted by molar-refractivity contribution is 5.20. The molecular formula is C11H12FN3. The first kappa shape index (κ1) is 9.86. The molecule has 0 saturated carbocycles. The molecule has 2 aromatic rings. The Balaban J connectivity index is 2.11. The highest BCUT2D eigenvalue weighted by Gasteiger charge is 2.08. The van der Waals surface area contributed by atoms with Gasteiger partial charge in [0.1, 0.15) is 11.6 Å². The molecule has 0 amide bonds. The number of nitrogens with two attached hydrogens (primary N) is 1. The quantitative estimate of drug-likeness (QED) is 0.802. The fraction of sp³-hybridized carbons (Fsp3) is 0.182. The van der Waals surface area contributed by atoms with Gasteiger partial charge in [-0.1, -0.05) is 12.1 Å². The smallest absolute Gasteiger partial charge is 0.123 e. The molecule has 3 N–H and O–H groups in total. The molecule has 0 aliphatic carbocycles. The van der Waals surface area contributed by atoms with E-state index in [-0.39, 0.29) is 11.9 Å². The number of halogens is 1. The average Bonchev–Trinajstić information content (AvgIpc) is 2.70. The van der Waals surface area contributed by atoms with Gasteiger partial charge in [-0.2, -0.15) is 0 Å². The van der Waals surface area contributed by atoms with E-state index in [2.05, 4.69) is 9.97 Å². The zero-order valence-corrected chi connectivity index (χ0v) is 8.15. The number of nitrogens with zero attached hydrogens (tertiary/aromatic N) is 1. The normalized spacial score (nSPS) is 12.7. The van der Waals surface area contributed by atoms with Gasteiger partial charge in [-0.25, -0.2) is 9.37 Å². The van der Waals surface area contributed by atoms with Crippen molar-refractivity contribution in [2.45, 2.75) is 12.5 Å². The van der Waals surface area contributed by atoms with Gasteiger partial charge in [0, 0.05) is 24.9 Å². The zero-order chi connectivity index (χ0) is 10.7. The van der Waals surface area contributed by atoms with Crippen LogP contribution in [-0.2, 0) is 6.42 Å². The SMILES string of the molecule is NC(Cc1ncc[nH]1)c1cccc(F)c1. The molecule has 0 bridgehead atoms. The molecule has 1 atom stereocenters. The first-order chi connectivity index (χ1) is 7.25. The second-order valence-corrected chi connectivity index (χ2v) is 3.40. The van der Waals surface area contributed by atoms with Crippen LogP contribution < -0.4 is 5.73 Å². The minimum Gasteiger partial charge on any atom is -0.349 e. The molecule has 4 heteroatoms. The topological polar surface area (TPSA) is 54.7 Å². The van der Waals surface area contributed by atoms with E-state index in [4.69, 9.17) is 5.73 Å². The summed E-state index contributed by atoms with van der Waals surface area (Å²) in [6.45, 7) is 0. The number of hydrogen-bond donors (Lipinski definition) is 2. The molecule has 3 nitrogen and oxygen atoms in total. The number of aromatic nitrogens is 2. The van der Waals surface area contributed by atoms with Crippen LogP contribution >= 0.6 is 0 Å². The van der Waals surface area contributed by atoms with Gasteiger partial charge in [-0.3, -0.25) is 0 Å². The Bertz CT molecular complexity index is 425. The molecule has 0 spiro atoms. The lowest BCUT2D eigenvalue weighted by Gasteiger charge is -2.10. The Labute approximate surface area is 87.2 Å². The number of rotatable bonds is 3. The van der Waals surface area contributed by atoms with Crippen LogP contribution in [0.1, 0.15) is 17.4 Å². The van der Waals surface area contributed by atoms with Gasteiger partial charge in [0.2, 0.25) is 0 Å². The van der Waals surface area contributed by atoms with E-state index >= 15 is 0 Å². The summed E-state index contributed by atoms with van der Waals surface area (Å²) in [5.74, 6) is 0.550. The molecule has 0 saturated heterocycles. The van der Waals surface area contributed by atoms with Crippen LogP contribution in [0.4, 0.5) is 4.39 Å². The number of H-pyrrole nitrogens is 1. The third kappa shape index (κ3) is 2.41.